The number of nitrogens with one attached hydrogen (secondary N) is 1. The maximum Gasteiger partial charge on any atom is 0.250 e. The number of carbonyl (C=O) groups excluding carboxylic acids is 1. The molecule has 0 unspecified atom stereocenters. The van der Waals surface area contributed by atoms with Crippen molar-refractivity contribution in [2.75, 3.05) is 13.1 Å². The molecule has 1 aliphatic heterocycles. The van der Waals surface area contributed by atoms with Gasteiger partial charge in [-0.1, -0.05) is 12.1 Å². The zero-order valence-electron chi connectivity index (χ0n) is 13.6. The maximum absolute atomic E-state index is 12.9. The Morgan fingerprint density at radius 1 is 1.12 bits per heavy atom. The van der Waals surface area contributed by atoms with Crippen LogP contribution in [0.15, 0.2) is 40.6 Å². The van der Waals surface area contributed by atoms with Gasteiger partial charge in [-0.05, 0) is 42.7 Å². The number of amides is 1. The second-order valence-corrected chi connectivity index (χ2v) is 9.10. The molecule has 0 spiro atoms. The largest absolute Gasteiger partial charge is 0.342 e. The van der Waals surface area contributed by atoms with Gasteiger partial charge in [0.1, 0.15) is 10.0 Å². The first-order chi connectivity index (χ1) is 11.9. The number of carbonyl (C=O) groups is 1. The van der Waals surface area contributed by atoms with Crippen molar-refractivity contribution in [2.45, 2.75) is 30.0 Å². The maximum atomic E-state index is 12.9. The molecule has 0 bridgehead atoms. The quantitative estimate of drug-likeness (QED) is 0.835. The number of hydrogen-bond donors (Lipinski definition) is 1. The zero-order valence-corrected chi connectivity index (χ0v) is 15.2. The van der Waals surface area contributed by atoms with Gasteiger partial charge in [-0.2, -0.15) is 0 Å². The molecule has 3 rings (SSSR count). The Morgan fingerprint density at radius 3 is 2.48 bits per heavy atom. The summed E-state index contributed by atoms with van der Waals surface area (Å²) in [5.74, 6) is -0.320. The van der Waals surface area contributed by atoms with Crippen molar-refractivity contribution in [3.8, 4) is 0 Å². The highest BCUT2D eigenvalue weighted by Gasteiger charge is 2.21. The van der Waals surface area contributed by atoms with Gasteiger partial charge in [0.25, 0.3) is 0 Å². The minimum Gasteiger partial charge on any atom is -0.342 e. The Hall–Kier alpha value is -1.77. The Kier molecular flexibility index (Phi) is 5.51. The van der Waals surface area contributed by atoms with Gasteiger partial charge in [0.05, 0.1) is 6.42 Å². The summed E-state index contributed by atoms with van der Waals surface area (Å²) in [5, 5.41) is 0. The van der Waals surface area contributed by atoms with E-state index in [1.54, 1.807) is 6.07 Å². The average molecular weight is 382 g/mol. The Morgan fingerprint density at radius 2 is 1.80 bits per heavy atom. The lowest BCUT2D eigenvalue weighted by atomic mass is 10.2. The number of likely N-dealkylation sites (tertiary alicyclic amines) is 1. The molecule has 2 aromatic rings. The molecule has 1 aromatic carbocycles. The van der Waals surface area contributed by atoms with E-state index >= 15 is 0 Å². The average Bonchev–Trinajstić information content (AvgIpc) is 3.26. The molecule has 25 heavy (non-hydrogen) atoms. The summed E-state index contributed by atoms with van der Waals surface area (Å²) in [6.07, 6.45) is 2.30. The molecular formula is C17H19FN2O3S2. The monoisotopic (exact) mass is 382 g/mol. The van der Waals surface area contributed by atoms with Gasteiger partial charge in [0.2, 0.25) is 15.9 Å². The molecule has 0 saturated carbocycles. The van der Waals surface area contributed by atoms with Crippen molar-refractivity contribution >= 4 is 27.3 Å². The molecule has 5 nitrogen and oxygen atoms in total. The summed E-state index contributed by atoms with van der Waals surface area (Å²) in [7, 11) is -3.65. The van der Waals surface area contributed by atoms with Gasteiger partial charge in [-0.25, -0.2) is 17.5 Å². The third kappa shape index (κ3) is 4.65. The molecule has 8 heteroatoms. The lowest BCUT2D eigenvalue weighted by Crippen LogP contribution is -2.28. The molecule has 1 aliphatic rings. The first-order valence-electron chi connectivity index (χ1n) is 8.05. The van der Waals surface area contributed by atoms with E-state index in [4.69, 9.17) is 0 Å². The topological polar surface area (TPSA) is 66.5 Å². The molecule has 2 heterocycles. The third-order valence-corrected chi connectivity index (χ3v) is 7.04. The molecular weight excluding hydrogens is 363 g/mol. The number of hydrogen-bond acceptors (Lipinski definition) is 4. The van der Waals surface area contributed by atoms with Gasteiger partial charge in [-0.15, -0.1) is 11.3 Å². The summed E-state index contributed by atoms with van der Waals surface area (Å²) in [4.78, 5) is 14.7. The smallest absolute Gasteiger partial charge is 0.250 e. The number of nitrogens with zero attached hydrogens (tertiary/aromatic N) is 1. The molecule has 0 aliphatic carbocycles. The summed E-state index contributed by atoms with van der Waals surface area (Å²) in [6, 6.07) is 8.85. The summed E-state index contributed by atoms with van der Waals surface area (Å²) in [5.41, 5.74) is 0.672. The number of thiophene rings is 1. The summed E-state index contributed by atoms with van der Waals surface area (Å²) in [6.45, 7) is 1.66. The van der Waals surface area contributed by atoms with Crippen LogP contribution in [-0.4, -0.2) is 32.3 Å². The fraction of sp³-hybridized carbons (Fsp3) is 0.353. The Labute approximate surface area is 150 Å². The molecule has 1 aromatic heterocycles. The van der Waals surface area contributed by atoms with E-state index in [-0.39, 0.29) is 28.9 Å². The van der Waals surface area contributed by atoms with Gasteiger partial charge in [0, 0.05) is 24.5 Å². The summed E-state index contributed by atoms with van der Waals surface area (Å²) >= 11 is 1.11. The predicted molar refractivity (Wildman–Crippen MR) is 94.3 cm³/mol. The number of benzene rings is 1. The molecule has 1 saturated heterocycles. The number of rotatable bonds is 6. The van der Waals surface area contributed by atoms with E-state index in [0.29, 0.717) is 5.56 Å². The number of halogens is 1. The highest BCUT2D eigenvalue weighted by Crippen LogP contribution is 2.23. The van der Waals surface area contributed by atoms with Gasteiger partial charge in [-0.3, -0.25) is 4.79 Å². The predicted octanol–water partition coefficient (Wildman–Crippen LogP) is 2.53. The standard InChI is InChI=1S/C17H19FN2O3S2/c18-14-5-3-13(4-6-14)12-19-25(22,23)17-8-7-15(24-17)11-16(21)20-9-1-2-10-20/h3-8,19H,1-2,9-12H2. The van der Waals surface area contributed by atoms with Crippen molar-refractivity contribution in [1.29, 1.82) is 0 Å². The van der Waals surface area contributed by atoms with Crippen LogP contribution in [0.5, 0.6) is 0 Å². The van der Waals surface area contributed by atoms with Crippen LogP contribution in [0.4, 0.5) is 4.39 Å². The number of sulfonamides is 1. The van der Waals surface area contributed by atoms with Crippen LogP contribution in [0.2, 0.25) is 0 Å². The van der Waals surface area contributed by atoms with Crippen LogP contribution in [-0.2, 0) is 27.8 Å². The van der Waals surface area contributed by atoms with Crippen molar-refractivity contribution in [2.24, 2.45) is 0 Å². The summed E-state index contributed by atoms with van der Waals surface area (Å²) < 4.78 is 40.3. The van der Waals surface area contributed by atoms with Gasteiger partial charge < -0.3 is 4.90 Å². The van der Waals surface area contributed by atoms with Crippen LogP contribution in [0, 0.1) is 5.82 Å². The minimum absolute atomic E-state index is 0.0440. The van der Waals surface area contributed by atoms with E-state index in [1.165, 1.54) is 30.3 Å². The van der Waals surface area contributed by atoms with E-state index in [2.05, 4.69) is 4.72 Å². The lowest BCUT2D eigenvalue weighted by molar-refractivity contribution is -0.129. The normalized spacial score (nSPS) is 14.8. The second kappa shape index (κ2) is 7.63. The van der Waals surface area contributed by atoms with E-state index < -0.39 is 10.0 Å². The van der Waals surface area contributed by atoms with Gasteiger partial charge >= 0.3 is 0 Å². The van der Waals surface area contributed by atoms with Crippen molar-refractivity contribution in [1.82, 2.24) is 9.62 Å². The van der Waals surface area contributed by atoms with Crippen molar-refractivity contribution < 1.29 is 17.6 Å². The lowest BCUT2D eigenvalue weighted by Gasteiger charge is -2.14. The van der Waals surface area contributed by atoms with Gasteiger partial charge in [0.15, 0.2) is 0 Å². The first-order valence-corrected chi connectivity index (χ1v) is 10.3. The van der Waals surface area contributed by atoms with E-state index in [0.717, 1.165) is 42.1 Å². The van der Waals surface area contributed by atoms with Crippen LogP contribution >= 0.6 is 11.3 Å². The fourth-order valence-electron chi connectivity index (χ4n) is 2.68. The van der Waals surface area contributed by atoms with Crippen LogP contribution in [0.25, 0.3) is 0 Å². The molecule has 134 valence electrons. The SMILES string of the molecule is O=C(Cc1ccc(S(=O)(=O)NCc2ccc(F)cc2)s1)N1CCCC1. The molecule has 0 atom stereocenters. The van der Waals surface area contributed by atoms with Crippen molar-refractivity contribution in [3.05, 3.63) is 52.7 Å². The van der Waals surface area contributed by atoms with E-state index in [9.17, 15) is 17.6 Å². The Bertz CT molecular complexity index is 841. The first kappa shape index (κ1) is 18.0. The molecule has 1 N–H and O–H groups in total. The second-order valence-electron chi connectivity index (χ2n) is 5.94. The highest BCUT2D eigenvalue weighted by molar-refractivity contribution is 7.91. The zero-order chi connectivity index (χ0) is 17.9. The Balaban J connectivity index is 1.61. The minimum atomic E-state index is -3.65. The fourth-order valence-corrected chi connectivity index (χ4v) is 5.09. The van der Waals surface area contributed by atoms with Crippen LogP contribution in [0.1, 0.15) is 23.3 Å². The van der Waals surface area contributed by atoms with Crippen molar-refractivity contribution in [3.63, 3.8) is 0 Å². The molecule has 1 amide bonds. The van der Waals surface area contributed by atoms with Crippen LogP contribution in [0.3, 0.4) is 0 Å². The van der Waals surface area contributed by atoms with E-state index in [1.807, 2.05) is 4.90 Å². The third-order valence-electron chi connectivity index (χ3n) is 4.07. The molecule has 0 radical (unpaired) electrons. The highest BCUT2D eigenvalue weighted by atomic mass is 32.2. The molecule has 1 fully saturated rings. The van der Waals surface area contributed by atoms with Crippen LogP contribution < -0.4 is 4.72 Å².